The molecular formula is C16H18N2O3. The largest absolute Gasteiger partial charge is 0.508 e. The summed E-state index contributed by atoms with van der Waals surface area (Å²) in [5, 5.41) is 23.3. The third-order valence-corrected chi connectivity index (χ3v) is 3.40. The van der Waals surface area contributed by atoms with Gasteiger partial charge in [-0.2, -0.15) is 0 Å². The second-order valence-corrected chi connectivity index (χ2v) is 4.86. The van der Waals surface area contributed by atoms with Crippen molar-refractivity contribution in [1.82, 2.24) is 5.32 Å². The average Bonchev–Trinajstić information content (AvgIpc) is 2.50. The smallest absolute Gasteiger partial charge is 0.269 e. The van der Waals surface area contributed by atoms with Crippen LogP contribution in [0.1, 0.15) is 30.5 Å². The van der Waals surface area contributed by atoms with Crippen LogP contribution in [0, 0.1) is 10.1 Å². The summed E-state index contributed by atoms with van der Waals surface area (Å²) in [5.41, 5.74) is 2.21. The molecule has 0 aliphatic rings. The highest BCUT2D eigenvalue weighted by Gasteiger charge is 2.09. The van der Waals surface area contributed by atoms with Crippen LogP contribution in [0.15, 0.2) is 48.5 Å². The van der Waals surface area contributed by atoms with Crippen molar-refractivity contribution in [3.05, 3.63) is 69.8 Å². The van der Waals surface area contributed by atoms with Crippen LogP contribution in [0.4, 0.5) is 5.69 Å². The molecule has 0 fully saturated rings. The fraction of sp³-hybridized carbons (Fsp3) is 0.250. The van der Waals surface area contributed by atoms with Crippen molar-refractivity contribution < 1.29 is 10.0 Å². The standard InChI is InChI=1S/C16H18N2O3/c1-2-16(13-5-9-15(19)10-6-13)17-11-12-3-7-14(8-4-12)18(20)21/h3-10,16-17,19H,2,11H2,1H3. The van der Waals surface area contributed by atoms with Crippen LogP contribution >= 0.6 is 0 Å². The maximum absolute atomic E-state index is 10.6. The highest BCUT2D eigenvalue weighted by Crippen LogP contribution is 2.20. The van der Waals surface area contributed by atoms with E-state index in [0.29, 0.717) is 6.54 Å². The van der Waals surface area contributed by atoms with Crippen LogP contribution < -0.4 is 5.32 Å². The molecule has 5 heteroatoms. The average molecular weight is 286 g/mol. The van der Waals surface area contributed by atoms with Gasteiger partial charge in [-0.05, 0) is 29.7 Å². The molecule has 110 valence electrons. The molecule has 2 aromatic carbocycles. The van der Waals surface area contributed by atoms with Crippen molar-refractivity contribution in [2.75, 3.05) is 0 Å². The van der Waals surface area contributed by atoms with Crippen LogP contribution in [0.25, 0.3) is 0 Å². The quantitative estimate of drug-likeness (QED) is 0.629. The minimum absolute atomic E-state index is 0.101. The summed E-state index contributed by atoms with van der Waals surface area (Å²) in [7, 11) is 0. The number of nitrogens with one attached hydrogen (secondary N) is 1. The van der Waals surface area contributed by atoms with Gasteiger partial charge in [0.25, 0.3) is 5.69 Å². The Kier molecular flexibility index (Phi) is 4.90. The highest BCUT2D eigenvalue weighted by molar-refractivity contribution is 5.33. The van der Waals surface area contributed by atoms with Crippen molar-refractivity contribution in [3.8, 4) is 5.75 Å². The Hall–Kier alpha value is -2.40. The van der Waals surface area contributed by atoms with E-state index in [-0.39, 0.29) is 17.5 Å². The summed E-state index contributed by atoms with van der Waals surface area (Å²) >= 11 is 0. The Morgan fingerprint density at radius 2 is 1.76 bits per heavy atom. The molecule has 0 saturated carbocycles. The lowest BCUT2D eigenvalue weighted by atomic mass is 10.0. The molecule has 0 saturated heterocycles. The van der Waals surface area contributed by atoms with Crippen LogP contribution in [-0.4, -0.2) is 10.0 Å². The topological polar surface area (TPSA) is 75.4 Å². The number of nitrogens with zero attached hydrogens (tertiary/aromatic N) is 1. The molecule has 2 aromatic rings. The Bertz CT molecular complexity index is 594. The predicted octanol–water partition coefficient (Wildman–Crippen LogP) is 3.54. The molecule has 0 aromatic heterocycles. The van der Waals surface area contributed by atoms with E-state index in [2.05, 4.69) is 12.2 Å². The van der Waals surface area contributed by atoms with E-state index in [4.69, 9.17) is 0 Å². The van der Waals surface area contributed by atoms with E-state index < -0.39 is 4.92 Å². The molecule has 2 N–H and O–H groups in total. The van der Waals surface area contributed by atoms with Gasteiger partial charge in [-0.15, -0.1) is 0 Å². The minimum Gasteiger partial charge on any atom is -0.508 e. The molecule has 0 aliphatic heterocycles. The van der Waals surface area contributed by atoms with Crippen LogP contribution in [0.5, 0.6) is 5.75 Å². The van der Waals surface area contributed by atoms with E-state index in [0.717, 1.165) is 17.5 Å². The van der Waals surface area contributed by atoms with Gasteiger partial charge >= 0.3 is 0 Å². The summed E-state index contributed by atoms with van der Waals surface area (Å²) in [6, 6.07) is 13.9. The van der Waals surface area contributed by atoms with Gasteiger partial charge in [-0.3, -0.25) is 10.1 Å². The molecule has 0 spiro atoms. The lowest BCUT2D eigenvalue weighted by molar-refractivity contribution is -0.384. The third kappa shape index (κ3) is 4.03. The van der Waals surface area contributed by atoms with Gasteiger partial charge in [-0.25, -0.2) is 0 Å². The normalized spacial score (nSPS) is 12.0. The lowest BCUT2D eigenvalue weighted by Crippen LogP contribution is -2.20. The van der Waals surface area contributed by atoms with Crippen molar-refractivity contribution in [3.63, 3.8) is 0 Å². The second-order valence-electron chi connectivity index (χ2n) is 4.86. The molecule has 5 nitrogen and oxygen atoms in total. The SMILES string of the molecule is CCC(NCc1ccc([N+](=O)[O-])cc1)c1ccc(O)cc1. The molecule has 2 rings (SSSR count). The van der Waals surface area contributed by atoms with Crippen molar-refractivity contribution in [2.45, 2.75) is 25.9 Å². The maximum Gasteiger partial charge on any atom is 0.269 e. The first-order valence-electron chi connectivity index (χ1n) is 6.85. The van der Waals surface area contributed by atoms with E-state index in [9.17, 15) is 15.2 Å². The number of aromatic hydroxyl groups is 1. The highest BCUT2D eigenvalue weighted by atomic mass is 16.6. The first-order chi connectivity index (χ1) is 10.1. The minimum atomic E-state index is -0.400. The van der Waals surface area contributed by atoms with E-state index in [1.165, 1.54) is 12.1 Å². The number of nitro benzene ring substituents is 1. The maximum atomic E-state index is 10.6. The second kappa shape index (κ2) is 6.85. The molecule has 1 unspecified atom stereocenters. The Morgan fingerprint density at radius 1 is 1.14 bits per heavy atom. The first-order valence-corrected chi connectivity index (χ1v) is 6.85. The number of phenols is 1. The van der Waals surface area contributed by atoms with Gasteiger partial charge in [0.15, 0.2) is 0 Å². The fourth-order valence-corrected chi connectivity index (χ4v) is 2.18. The molecule has 1 atom stereocenters. The van der Waals surface area contributed by atoms with E-state index in [1.54, 1.807) is 24.3 Å². The number of rotatable bonds is 6. The van der Waals surface area contributed by atoms with E-state index in [1.807, 2.05) is 12.1 Å². The molecular weight excluding hydrogens is 268 g/mol. The molecule has 0 radical (unpaired) electrons. The summed E-state index contributed by atoms with van der Waals surface area (Å²) in [5.74, 6) is 0.254. The number of benzene rings is 2. The zero-order valence-electron chi connectivity index (χ0n) is 11.8. The van der Waals surface area contributed by atoms with E-state index >= 15 is 0 Å². The molecule has 0 aliphatic carbocycles. The Labute approximate surface area is 123 Å². The predicted molar refractivity (Wildman–Crippen MR) is 81.1 cm³/mol. The van der Waals surface area contributed by atoms with Crippen LogP contribution in [0.3, 0.4) is 0 Å². The third-order valence-electron chi connectivity index (χ3n) is 3.40. The van der Waals surface area contributed by atoms with Crippen LogP contribution in [-0.2, 0) is 6.54 Å². The van der Waals surface area contributed by atoms with Gasteiger partial charge < -0.3 is 10.4 Å². The van der Waals surface area contributed by atoms with Crippen LogP contribution in [0.2, 0.25) is 0 Å². The number of hydrogen-bond acceptors (Lipinski definition) is 4. The molecule has 0 heterocycles. The monoisotopic (exact) mass is 286 g/mol. The van der Waals surface area contributed by atoms with Crippen molar-refractivity contribution in [2.24, 2.45) is 0 Å². The van der Waals surface area contributed by atoms with Crippen molar-refractivity contribution in [1.29, 1.82) is 0 Å². The molecule has 0 amide bonds. The zero-order chi connectivity index (χ0) is 15.2. The van der Waals surface area contributed by atoms with Gasteiger partial charge in [0, 0.05) is 24.7 Å². The fourth-order valence-electron chi connectivity index (χ4n) is 2.18. The lowest BCUT2D eigenvalue weighted by Gasteiger charge is -2.17. The van der Waals surface area contributed by atoms with Gasteiger partial charge in [0.1, 0.15) is 5.75 Å². The van der Waals surface area contributed by atoms with Gasteiger partial charge in [0.2, 0.25) is 0 Å². The van der Waals surface area contributed by atoms with Crippen molar-refractivity contribution >= 4 is 5.69 Å². The summed E-state index contributed by atoms with van der Waals surface area (Å²) < 4.78 is 0. The zero-order valence-corrected chi connectivity index (χ0v) is 11.8. The number of hydrogen-bond donors (Lipinski definition) is 2. The van der Waals surface area contributed by atoms with Gasteiger partial charge in [0.05, 0.1) is 4.92 Å². The summed E-state index contributed by atoms with van der Waals surface area (Å²) in [6.45, 7) is 2.72. The first kappa shape index (κ1) is 15.0. The Balaban J connectivity index is 1.99. The Morgan fingerprint density at radius 3 is 2.29 bits per heavy atom. The number of nitro groups is 1. The number of non-ortho nitro benzene ring substituents is 1. The number of phenolic OH excluding ortho intramolecular Hbond substituents is 1. The summed E-state index contributed by atoms with van der Waals surface area (Å²) in [4.78, 5) is 10.2. The summed E-state index contributed by atoms with van der Waals surface area (Å²) in [6.07, 6.45) is 0.914. The molecule has 0 bridgehead atoms. The molecule has 21 heavy (non-hydrogen) atoms. The van der Waals surface area contributed by atoms with Gasteiger partial charge in [-0.1, -0.05) is 31.2 Å².